The van der Waals surface area contributed by atoms with E-state index in [9.17, 15) is 9.59 Å². The molecule has 2 aliphatic rings. The molecule has 7 nitrogen and oxygen atoms in total. The number of aryl methyl sites for hydroxylation is 2. The second kappa shape index (κ2) is 8.26. The third-order valence-electron chi connectivity index (χ3n) is 6.13. The highest BCUT2D eigenvalue weighted by Gasteiger charge is 2.32. The molecule has 0 bridgehead atoms. The first-order valence-corrected chi connectivity index (χ1v) is 11.2. The van der Waals surface area contributed by atoms with E-state index in [2.05, 4.69) is 28.7 Å². The summed E-state index contributed by atoms with van der Waals surface area (Å²) in [4.78, 5) is 40.3. The fourth-order valence-corrected chi connectivity index (χ4v) is 5.24. The molecule has 0 unspecified atom stereocenters. The van der Waals surface area contributed by atoms with Gasteiger partial charge in [-0.25, -0.2) is 9.97 Å². The molecule has 2 aromatic rings. The lowest BCUT2D eigenvalue weighted by Gasteiger charge is -2.32. The van der Waals surface area contributed by atoms with Gasteiger partial charge in [0.05, 0.1) is 11.3 Å². The summed E-state index contributed by atoms with van der Waals surface area (Å²) in [5, 5.41) is 1.13. The molecule has 4 heterocycles. The van der Waals surface area contributed by atoms with Gasteiger partial charge in [-0.15, -0.1) is 11.3 Å². The Morgan fingerprint density at radius 2 is 1.83 bits per heavy atom. The first kappa shape index (κ1) is 20.1. The lowest BCUT2D eigenvalue weighted by molar-refractivity contribution is -0.162. The van der Waals surface area contributed by atoms with Crippen molar-refractivity contribution in [1.29, 1.82) is 0 Å². The smallest absolute Gasteiger partial charge is 0.309 e. The first-order chi connectivity index (χ1) is 14.0. The van der Waals surface area contributed by atoms with Crippen molar-refractivity contribution in [3.8, 4) is 0 Å². The molecule has 0 saturated carbocycles. The Labute approximate surface area is 175 Å². The van der Waals surface area contributed by atoms with E-state index in [-0.39, 0.29) is 17.8 Å². The number of anilines is 1. The highest BCUT2D eigenvalue weighted by Crippen LogP contribution is 2.35. The number of rotatable bonds is 4. The number of carbonyl (C=O) groups is 2. The number of ether oxygens (including phenoxy) is 1. The molecule has 1 atom stereocenters. The maximum absolute atomic E-state index is 12.6. The number of hydrogen-bond donors (Lipinski definition) is 0. The Morgan fingerprint density at radius 3 is 2.52 bits per heavy atom. The second-order valence-electron chi connectivity index (χ2n) is 8.03. The fourth-order valence-electron chi connectivity index (χ4n) is 4.25. The van der Waals surface area contributed by atoms with E-state index in [4.69, 9.17) is 4.74 Å². The second-order valence-corrected chi connectivity index (χ2v) is 9.24. The zero-order valence-corrected chi connectivity index (χ0v) is 18.1. The lowest BCUT2D eigenvalue weighted by Crippen LogP contribution is -2.41. The maximum atomic E-state index is 12.6. The van der Waals surface area contributed by atoms with Gasteiger partial charge in [0.1, 0.15) is 17.0 Å². The predicted molar refractivity (Wildman–Crippen MR) is 113 cm³/mol. The quantitative estimate of drug-likeness (QED) is 0.713. The molecule has 4 rings (SSSR count). The van der Waals surface area contributed by atoms with Crippen molar-refractivity contribution in [2.45, 2.75) is 52.6 Å². The van der Waals surface area contributed by atoms with Gasteiger partial charge >= 0.3 is 5.97 Å². The van der Waals surface area contributed by atoms with Crippen LogP contribution in [0.15, 0.2) is 6.33 Å². The molecule has 2 aromatic heterocycles. The predicted octanol–water partition coefficient (Wildman–Crippen LogP) is 3.08. The monoisotopic (exact) mass is 416 g/mol. The fraction of sp³-hybridized carbons (Fsp3) is 0.619. The normalized spacial score (nSPS) is 19.0. The molecule has 0 aromatic carbocycles. The average Bonchev–Trinajstić information content (AvgIpc) is 3.36. The van der Waals surface area contributed by atoms with Crippen molar-refractivity contribution in [1.82, 2.24) is 14.9 Å². The number of nitrogens with zero attached hydrogens (tertiary/aromatic N) is 4. The van der Waals surface area contributed by atoms with Crippen molar-refractivity contribution < 1.29 is 14.3 Å². The summed E-state index contributed by atoms with van der Waals surface area (Å²) < 4.78 is 5.53. The molecule has 29 heavy (non-hydrogen) atoms. The van der Waals surface area contributed by atoms with Crippen LogP contribution in [-0.4, -0.2) is 59.0 Å². The number of fused-ring (bicyclic) bond motifs is 1. The molecular formula is C21H28N4O3S. The summed E-state index contributed by atoms with van der Waals surface area (Å²) in [6.07, 6.45) is 4.40. The number of amides is 1. The minimum absolute atomic E-state index is 0.0695. The minimum atomic E-state index is -0.698. The molecule has 0 radical (unpaired) electrons. The number of piperidine rings is 1. The van der Waals surface area contributed by atoms with Gasteiger partial charge in [0.25, 0.3) is 5.91 Å². The molecule has 0 N–H and O–H groups in total. The Balaban J connectivity index is 1.37. The molecule has 1 amide bonds. The van der Waals surface area contributed by atoms with Crippen molar-refractivity contribution in [2.24, 2.45) is 5.92 Å². The Bertz CT molecular complexity index is 914. The van der Waals surface area contributed by atoms with Crippen LogP contribution in [0.25, 0.3) is 10.2 Å². The zero-order chi connectivity index (χ0) is 20.5. The number of carbonyl (C=O) groups excluding carboxylic acids is 2. The molecule has 2 fully saturated rings. The summed E-state index contributed by atoms with van der Waals surface area (Å²) >= 11 is 1.69. The molecule has 2 aliphatic heterocycles. The zero-order valence-electron chi connectivity index (χ0n) is 17.3. The minimum Gasteiger partial charge on any atom is -0.452 e. The van der Waals surface area contributed by atoms with Crippen LogP contribution in [0.3, 0.4) is 0 Å². The highest BCUT2D eigenvalue weighted by atomic mass is 32.1. The van der Waals surface area contributed by atoms with Gasteiger partial charge < -0.3 is 14.5 Å². The van der Waals surface area contributed by atoms with Crippen molar-refractivity contribution in [3.05, 3.63) is 16.8 Å². The molecule has 2 saturated heterocycles. The van der Waals surface area contributed by atoms with E-state index in [1.807, 2.05) is 0 Å². The van der Waals surface area contributed by atoms with E-state index < -0.39 is 6.10 Å². The third kappa shape index (κ3) is 3.95. The number of hydrogen-bond acceptors (Lipinski definition) is 7. The molecular weight excluding hydrogens is 388 g/mol. The van der Waals surface area contributed by atoms with Gasteiger partial charge in [-0.2, -0.15) is 0 Å². The standard InChI is InChI=1S/C21H28N4O3S/c1-13-15(3)29-19-17(13)18(22-12-23-19)24-10-6-16(7-11-24)21(27)28-14(2)20(26)25-8-4-5-9-25/h12,14,16H,4-11H2,1-3H3/t14-/m0/s1. The van der Waals surface area contributed by atoms with Crippen molar-refractivity contribution >= 4 is 39.2 Å². The number of likely N-dealkylation sites (tertiary alicyclic amines) is 1. The lowest BCUT2D eigenvalue weighted by atomic mass is 9.96. The summed E-state index contributed by atoms with van der Waals surface area (Å²) in [6.45, 7) is 8.94. The third-order valence-corrected chi connectivity index (χ3v) is 7.25. The number of esters is 1. The average molecular weight is 417 g/mol. The SMILES string of the molecule is Cc1sc2ncnc(N3CCC(C(=O)O[C@@H](C)C(=O)N4CCCC4)CC3)c2c1C. The number of thiophene rings is 1. The van der Waals surface area contributed by atoms with Crippen LogP contribution in [0.4, 0.5) is 5.82 Å². The Hall–Kier alpha value is -2.22. The molecule has 8 heteroatoms. The van der Waals surface area contributed by atoms with Crippen molar-refractivity contribution in [3.63, 3.8) is 0 Å². The van der Waals surface area contributed by atoms with Crippen LogP contribution in [-0.2, 0) is 14.3 Å². The van der Waals surface area contributed by atoms with Crippen molar-refractivity contribution in [2.75, 3.05) is 31.1 Å². The van der Waals surface area contributed by atoms with E-state index in [0.717, 1.165) is 55.1 Å². The van der Waals surface area contributed by atoms with E-state index in [0.29, 0.717) is 12.8 Å². The van der Waals surface area contributed by atoms with Crippen LogP contribution in [0, 0.1) is 19.8 Å². The van der Waals surface area contributed by atoms with Crippen LogP contribution in [0.5, 0.6) is 0 Å². The van der Waals surface area contributed by atoms with Gasteiger partial charge in [0.15, 0.2) is 6.10 Å². The van der Waals surface area contributed by atoms with Crippen LogP contribution >= 0.6 is 11.3 Å². The van der Waals surface area contributed by atoms with Gasteiger partial charge in [-0.1, -0.05) is 0 Å². The first-order valence-electron chi connectivity index (χ1n) is 10.4. The molecule has 0 spiro atoms. The topological polar surface area (TPSA) is 75.6 Å². The highest BCUT2D eigenvalue weighted by molar-refractivity contribution is 7.18. The van der Waals surface area contributed by atoms with Gasteiger partial charge in [0.2, 0.25) is 0 Å². The summed E-state index contributed by atoms with van der Waals surface area (Å²) in [7, 11) is 0. The summed E-state index contributed by atoms with van der Waals surface area (Å²) in [5.74, 6) is 0.476. The van der Waals surface area contributed by atoms with Crippen LogP contribution in [0.1, 0.15) is 43.0 Å². The summed E-state index contributed by atoms with van der Waals surface area (Å²) in [6, 6.07) is 0. The Morgan fingerprint density at radius 1 is 1.14 bits per heavy atom. The van der Waals surface area contributed by atoms with Crippen LogP contribution in [0.2, 0.25) is 0 Å². The van der Waals surface area contributed by atoms with Gasteiger partial charge in [-0.05, 0) is 52.0 Å². The maximum Gasteiger partial charge on any atom is 0.309 e. The molecule has 0 aliphatic carbocycles. The van der Waals surface area contributed by atoms with Gasteiger partial charge in [0, 0.05) is 31.1 Å². The van der Waals surface area contributed by atoms with Gasteiger partial charge in [-0.3, -0.25) is 9.59 Å². The van der Waals surface area contributed by atoms with Crippen LogP contribution < -0.4 is 4.90 Å². The molecule has 156 valence electrons. The largest absolute Gasteiger partial charge is 0.452 e. The van der Waals surface area contributed by atoms with E-state index >= 15 is 0 Å². The summed E-state index contributed by atoms with van der Waals surface area (Å²) in [5.41, 5.74) is 1.23. The number of aromatic nitrogens is 2. The van der Waals surface area contributed by atoms with E-state index in [1.165, 1.54) is 10.4 Å². The van der Waals surface area contributed by atoms with E-state index in [1.54, 1.807) is 29.5 Å². The Kier molecular flexibility index (Phi) is 5.72.